The van der Waals surface area contributed by atoms with Crippen molar-refractivity contribution in [3.63, 3.8) is 0 Å². The Balaban J connectivity index is 1.73. The molecule has 1 heterocycles. The Bertz CT molecular complexity index is 712. The molecule has 26 heavy (non-hydrogen) atoms. The van der Waals surface area contributed by atoms with Gasteiger partial charge in [0, 0.05) is 18.7 Å². The fourth-order valence-electron chi connectivity index (χ4n) is 3.64. The van der Waals surface area contributed by atoms with Crippen molar-refractivity contribution in [2.75, 3.05) is 14.2 Å². The van der Waals surface area contributed by atoms with E-state index in [1.165, 1.54) is 0 Å². The largest absolute Gasteiger partial charge is 0.487 e. The van der Waals surface area contributed by atoms with Crippen LogP contribution in [0.4, 0.5) is 0 Å². The number of hydrogen-bond acceptors (Lipinski definition) is 5. The number of ether oxygens (including phenoxy) is 2. The van der Waals surface area contributed by atoms with Gasteiger partial charge in [-0.15, -0.1) is 0 Å². The molecule has 1 aromatic rings. The molecule has 1 saturated carbocycles. The minimum absolute atomic E-state index is 0.0261. The summed E-state index contributed by atoms with van der Waals surface area (Å²) in [5.74, 6) is 1.35. The van der Waals surface area contributed by atoms with Gasteiger partial charge in [0.25, 0.3) is 0 Å². The molecule has 3 N–H and O–H groups in total. The SMILES string of the molecule is CNC1CC(N=C(N)c2ccc3c(c2)CC[C@H]([C@](C)(OC)C(C)=O)O3)C1. The third-order valence-electron chi connectivity index (χ3n) is 5.88. The molecule has 1 aromatic carbocycles. The third-order valence-corrected chi connectivity index (χ3v) is 5.88. The maximum Gasteiger partial charge on any atom is 0.165 e. The highest BCUT2D eigenvalue weighted by molar-refractivity contribution is 5.98. The van der Waals surface area contributed by atoms with Crippen LogP contribution in [0.25, 0.3) is 0 Å². The molecular formula is C20H29N3O3. The number of Topliss-reactive ketones (excluding diaryl/α,β-unsaturated/α-hetero) is 1. The highest BCUT2D eigenvalue weighted by Gasteiger charge is 2.42. The fourth-order valence-corrected chi connectivity index (χ4v) is 3.64. The molecule has 0 amide bonds. The quantitative estimate of drug-likeness (QED) is 0.598. The standard InChI is InChI=1S/C20H29N3O3/c1-12(24)20(2,25-4)18-8-6-13-9-14(5-7-17(13)26-18)19(21)23-16-10-15(11-16)22-3/h5,7,9,15-16,18,22H,6,8,10-11H2,1-4H3,(H2,21,23)/t15?,16?,18-,20-/m1/s1. The lowest BCUT2D eigenvalue weighted by Crippen LogP contribution is -2.51. The Morgan fingerprint density at radius 2 is 2.15 bits per heavy atom. The monoisotopic (exact) mass is 359 g/mol. The normalized spacial score (nSPS) is 27.7. The number of nitrogens with one attached hydrogen (secondary N) is 1. The second kappa shape index (κ2) is 7.37. The van der Waals surface area contributed by atoms with E-state index in [1.807, 2.05) is 19.2 Å². The summed E-state index contributed by atoms with van der Waals surface area (Å²) in [6.07, 6.45) is 3.33. The van der Waals surface area contributed by atoms with E-state index in [0.29, 0.717) is 17.9 Å². The first-order valence-electron chi connectivity index (χ1n) is 9.24. The predicted molar refractivity (Wildman–Crippen MR) is 102 cm³/mol. The molecule has 1 aliphatic heterocycles. The van der Waals surface area contributed by atoms with E-state index in [0.717, 1.165) is 42.6 Å². The zero-order valence-electron chi connectivity index (χ0n) is 16.0. The first-order valence-corrected chi connectivity index (χ1v) is 9.24. The lowest BCUT2D eigenvalue weighted by atomic mass is 9.87. The van der Waals surface area contributed by atoms with E-state index in [-0.39, 0.29) is 11.9 Å². The van der Waals surface area contributed by atoms with Gasteiger partial charge in [0.05, 0.1) is 6.04 Å². The Kier molecular flexibility index (Phi) is 5.34. The number of methoxy groups -OCH3 is 1. The molecule has 0 unspecified atom stereocenters. The fraction of sp³-hybridized carbons (Fsp3) is 0.600. The molecule has 1 fully saturated rings. The van der Waals surface area contributed by atoms with Crippen LogP contribution in [-0.2, 0) is 16.0 Å². The molecule has 0 bridgehead atoms. The van der Waals surface area contributed by atoms with Gasteiger partial charge in [-0.1, -0.05) is 0 Å². The lowest BCUT2D eigenvalue weighted by molar-refractivity contribution is -0.149. The minimum atomic E-state index is -0.926. The molecule has 2 aliphatic rings. The maximum atomic E-state index is 12.0. The number of carbonyl (C=O) groups is 1. The Labute approximate surface area is 155 Å². The van der Waals surface area contributed by atoms with Crippen molar-refractivity contribution < 1.29 is 14.3 Å². The van der Waals surface area contributed by atoms with Gasteiger partial charge in [-0.05, 0) is 70.3 Å². The highest BCUT2D eigenvalue weighted by Crippen LogP contribution is 2.34. The number of aryl methyl sites for hydroxylation is 1. The highest BCUT2D eigenvalue weighted by atomic mass is 16.5. The van der Waals surface area contributed by atoms with Crippen LogP contribution >= 0.6 is 0 Å². The molecule has 0 radical (unpaired) electrons. The Morgan fingerprint density at radius 1 is 1.42 bits per heavy atom. The van der Waals surface area contributed by atoms with Gasteiger partial charge in [-0.25, -0.2) is 0 Å². The molecule has 3 rings (SSSR count). The van der Waals surface area contributed by atoms with Crippen LogP contribution in [0, 0.1) is 0 Å². The molecule has 6 heteroatoms. The summed E-state index contributed by atoms with van der Waals surface area (Å²) in [4.78, 5) is 16.6. The van der Waals surface area contributed by atoms with E-state index in [1.54, 1.807) is 21.0 Å². The van der Waals surface area contributed by atoms with Gasteiger partial charge in [-0.3, -0.25) is 9.79 Å². The Morgan fingerprint density at radius 3 is 2.77 bits per heavy atom. The van der Waals surface area contributed by atoms with E-state index >= 15 is 0 Å². The predicted octanol–water partition coefficient (Wildman–Crippen LogP) is 1.83. The van der Waals surface area contributed by atoms with E-state index in [4.69, 9.17) is 15.2 Å². The zero-order valence-corrected chi connectivity index (χ0v) is 16.0. The van der Waals surface area contributed by atoms with Crippen molar-refractivity contribution in [1.82, 2.24) is 5.32 Å². The van der Waals surface area contributed by atoms with Crippen LogP contribution in [0.15, 0.2) is 23.2 Å². The summed E-state index contributed by atoms with van der Waals surface area (Å²) in [6, 6.07) is 6.78. The molecular weight excluding hydrogens is 330 g/mol. The van der Waals surface area contributed by atoms with Crippen LogP contribution in [0.3, 0.4) is 0 Å². The number of nitrogens with two attached hydrogens (primary N) is 1. The zero-order chi connectivity index (χ0) is 18.9. The number of benzene rings is 1. The summed E-state index contributed by atoms with van der Waals surface area (Å²) < 4.78 is 11.6. The second-order valence-corrected chi connectivity index (χ2v) is 7.46. The van der Waals surface area contributed by atoms with E-state index in [2.05, 4.69) is 16.4 Å². The van der Waals surface area contributed by atoms with Gasteiger partial charge < -0.3 is 20.5 Å². The summed E-state index contributed by atoms with van der Waals surface area (Å²) in [7, 11) is 3.53. The van der Waals surface area contributed by atoms with Gasteiger partial charge in [0.1, 0.15) is 17.7 Å². The Hall–Kier alpha value is -1.92. The van der Waals surface area contributed by atoms with E-state index < -0.39 is 5.60 Å². The molecule has 0 saturated heterocycles. The van der Waals surface area contributed by atoms with E-state index in [9.17, 15) is 4.79 Å². The number of ketones is 1. The van der Waals surface area contributed by atoms with Crippen molar-refractivity contribution in [1.29, 1.82) is 0 Å². The van der Waals surface area contributed by atoms with Crippen LogP contribution in [0.2, 0.25) is 0 Å². The van der Waals surface area contributed by atoms with Crippen molar-refractivity contribution >= 4 is 11.6 Å². The number of fused-ring (bicyclic) bond motifs is 1. The number of rotatable bonds is 6. The van der Waals surface area contributed by atoms with Crippen molar-refractivity contribution in [2.45, 2.75) is 63.3 Å². The third kappa shape index (κ3) is 3.48. The maximum absolute atomic E-state index is 12.0. The summed E-state index contributed by atoms with van der Waals surface area (Å²) in [5.41, 5.74) is 7.31. The molecule has 0 spiro atoms. The van der Waals surface area contributed by atoms with Gasteiger partial charge in [0.2, 0.25) is 0 Å². The van der Waals surface area contributed by atoms with Crippen molar-refractivity contribution in [2.24, 2.45) is 10.7 Å². The average Bonchev–Trinajstić information content (AvgIpc) is 2.62. The molecule has 0 aromatic heterocycles. The number of amidine groups is 1. The number of hydrogen-bond donors (Lipinski definition) is 2. The van der Waals surface area contributed by atoms with Gasteiger partial charge in [0.15, 0.2) is 11.4 Å². The average molecular weight is 359 g/mol. The first-order chi connectivity index (χ1) is 12.4. The topological polar surface area (TPSA) is 85.9 Å². The number of nitrogens with zero attached hydrogens (tertiary/aromatic N) is 1. The molecule has 142 valence electrons. The van der Waals surface area contributed by atoms with Gasteiger partial charge in [-0.2, -0.15) is 0 Å². The van der Waals surface area contributed by atoms with Crippen molar-refractivity contribution in [3.05, 3.63) is 29.3 Å². The summed E-state index contributed by atoms with van der Waals surface area (Å²) >= 11 is 0. The number of aliphatic imine (C=N–C) groups is 1. The van der Waals surface area contributed by atoms with Crippen LogP contribution in [-0.4, -0.2) is 49.6 Å². The first kappa shape index (κ1) is 18.9. The smallest absolute Gasteiger partial charge is 0.165 e. The summed E-state index contributed by atoms with van der Waals surface area (Å²) in [6.45, 7) is 3.34. The van der Waals surface area contributed by atoms with Crippen LogP contribution in [0.5, 0.6) is 5.75 Å². The van der Waals surface area contributed by atoms with Crippen molar-refractivity contribution in [3.8, 4) is 5.75 Å². The summed E-state index contributed by atoms with van der Waals surface area (Å²) in [5, 5.41) is 3.25. The molecule has 2 atom stereocenters. The van der Waals surface area contributed by atoms with Crippen LogP contribution in [0.1, 0.15) is 44.2 Å². The second-order valence-electron chi connectivity index (χ2n) is 7.46. The van der Waals surface area contributed by atoms with Gasteiger partial charge >= 0.3 is 0 Å². The van der Waals surface area contributed by atoms with Crippen LogP contribution < -0.4 is 15.8 Å². The minimum Gasteiger partial charge on any atom is -0.487 e. The molecule has 1 aliphatic carbocycles. The molecule has 6 nitrogen and oxygen atoms in total. The lowest BCUT2D eigenvalue weighted by Gasteiger charge is -2.37. The number of carbonyl (C=O) groups excluding carboxylic acids is 1.